The maximum absolute atomic E-state index is 12.0. The Morgan fingerprint density at radius 1 is 1.24 bits per heavy atom. The number of carbonyl (C=O) groups is 2. The normalized spacial score (nSPS) is 23.0. The molecule has 1 aromatic rings. The Morgan fingerprint density at radius 2 is 2.05 bits per heavy atom. The number of hydrazone groups is 1. The molecule has 6 heteroatoms. The van der Waals surface area contributed by atoms with Gasteiger partial charge in [0.15, 0.2) is 11.5 Å². The molecular formula is C15H16N2O4. The summed E-state index contributed by atoms with van der Waals surface area (Å²) in [7, 11) is 0. The third kappa shape index (κ3) is 3.21. The lowest BCUT2D eigenvalue weighted by Gasteiger charge is -2.25. The van der Waals surface area contributed by atoms with Crippen LogP contribution in [0.25, 0.3) is 0 Å². The van der Waals surface area contributed by atoms with Gasteiger partial charge < -0.3 is 9.47 Å². The van der Waals surface area contributed by atoms with Gasteiger partial charge in [0.1, 0.15) is 12.4 Å². The highest BCUT2D eigenvalue weighted by Crippen LogP contribution is 2.30. The average Bonchev–Trinajstić information content (AvgIpc) is 2.52. The van der Waals surface area contributed by atoms with Crippen LogP contribution in [0.3, 0.4) is 0 Å². The minimum absolute atomic E-state index is 0.145. The molecule has 1 unspecified atom stereocenters. The Labute approximate surface area is 122 Å². The van der Waals surface area contributed by atoms with Gasteiger partial charge in [0.2, 0.25) is 6.10 Å². The third-order valence-electron chi connectivity index (χ3n) is 3.45. The molecule has 21 heavy (non-hydrogen) atoms. The highest BCUT2D eigenvalue weighted by molar-refractivity contribution is 6.04. The van der Waals surface area contributed by atoms with Crippen molar-refractivity contribution >= 4 is 17.4 Å². The molecular weight excluding hydrogens is 272 g/mol. The average molecular weight is 288 g/mol. The second-order valence-electron chi connectivity index (χ2n) is 5.09. The molecule has 1 amide bonds. The van der Waals surface area contributed by atoms with Gasteiger partial charge in [0.25, 0.3) is 5.91 Å². The number of nitrogens with zero attached hydrogens (tertiary/aromatic N) is 1. The topological polar surface area (TPSA) is 77.0 Å². The number of Topliss-reactive ketones (excluding diaryl/α,β-unsaturated/α-hetero) is 1. The van der Waals surface area contributed by atoms with Crippen molar-refractivity contribution < 1.29 is 19.1 Å². The Hall–Kier alpha value is -2.37. The van der Waals surface area contributed by atoms with E-state index in [1.54, 1.807) is 12.1 Å². The summed E-state index contributed by atoms with van der Waals surface area (Å²) in [6, 6.07) is 7.20. The second-order valence-corrected chi connectivity index (χ2v) is 5.09. The predicted molar refractivity (Wildman–Crippen MR) is 75.4 cm³/mol. The number of hydrogen-bond acceptors (Lipinski definition) is 5. The summed E-state index contributed by atoms with van der Waals surface area (Å²) in [6.07, 6.45) is 1.73. The van der Waals surface area contributed by atoms with Crippen LogP contribution in [0.5, 0.6) is 11.5 Å². The summed E-state index contributed by atoms with van der Waals surface area (Å²) < 4.78 is 11.1. The van der Waals surface area contributed by atoms with Crippen LogP contribution in [0.2, 0.25) is 0 Å². The summed E-state index contributed by atoms with van der Waals surface area (Å²) >= 11 is 0. The highest BCUT2D eigenvalue weighted by Gasteiger charge is 2.27. The summed E-state index contributed by atoms with van der Waals surface area (Å²) in [6.45, 7) is 0.145. The Kier molecular flexibility index (Phi) is 3.85. The molecule has 0 bridgehead atoms. The zero-order valence-electron chi connectivity index (χ0n) is 11.5. The van der Waals surface area contributed by atoms with Crippen LogP contribution < -0.4 is 14.9 Å². The number of carbonyl (C=O) groups excluding carboxylic acids is 2. The molecule has 110 valence electrons. The molecule has 2 aliphatic rings. The number of benzene rings is 1. The molecule has 0 aromatic heterocycles. The number of ether oxygens (including phenoxy) is 2. The lowest BCUT2D eigenvalue weighted by atomic mass is 9.97. The quantitative estimate of drug-likeness (QED) is 0.835. The molecule has 1 N–H and O–H groups in total. The van der Waals surface area contributed by atoms with Crippen molar-refractivity contribution in [3.63, 3.8) is 0 Å². The standard InChI is InChI=1S/C15H16N2O4/c18-11-5-3-4-10(8-11)16-17-15(19)14-9-20-12-6-1-2-7-13(12)21-14/h1-2,6-7,14H,3-5,8-9H2,(H,17,19)/b16-10+. The van der Waals surface area contributed by atoms with Crippen LogP contribution >= 0.6 is 0 Å². The molecule has 1 aliphatic heterocycles. The van der Waals surface area contributed by atoms with Gasteiger partial charge in [-0.2, -0.15) is 5.10 Å². The molecule has 1 fully saturated rings. The SMILES string of the molecule is O=C1CCC/C(=N\NC(=O)C2COc3ccccc3O2)C1. The molecule has 1 atom stereocenters. The predicted octanol–water partition coefficient (Wildman–Crippen LogP) is 1.44. The summed E-state index contributed by atoms with van der Waals surface area (Å²) in [5, 5.41) is 4.03. The fourth-order valence-corrected chi connectivity index (χ4v) is 2.34. The number of nitrogens with one attached hydrogen (secondary N) is 1. The molecule has 3 rings (SSSR count). The second kappa shape index (κ2) is 5.95. The van der Waals surface area contributed by atoms with Gasteiger partial charge in [-0.05, 0) is 25.0 Å². The van der Waals surface area contributed by atoms with Crippen LogP contribution in [-0.4, -0.2) is 30.1 Å². The molecule has 0 radical (unpaired) electrons. The summed E-state index contributed by atoms with van der Waals surface area (Å²) in [5.74, 6) is 0.977. The number of para-hydroxylation sites is 2. The van der Waals surface area contributed by atoms with E-state index in [4.69, 9.17) is 9.47 Å². The first-order valence-corrected chi connectivity index (χ1v) is 6.98. The fraction of sp³-hybridized carbons (Fsp3) is 0.400. The first-order valence-electron chi connectivity index (χ1n) is 6.98. The number of hydrogen-bond donors (Lipinski definition) is 1. The van der Waals surface area contributed by atoms with Crippen molar-refractivity contribution in [1.29, 1.82) is 0 Å². The number of rotatable bonds is 2. The van der Waals surface area contributed by atoms with E-state index in [1.165, 1.54) is 0 Å². The van der Waals surface area contributed by atoms with Crippen LogP contribution in [0.4, 0.5) is 0 Å². The van der Waals surface area contributed by atoms with Gasteiger partial charge in [0.05, 0.1) is 0 Å². The van der Waals surface area contributed by atoms with Crippen LogP contribution in [0.1, 0.15) is 25.7 Å². The van der Waals surface area contributed by atoms with E-state index >= 15 is 0 Å². The Balaban J connectivity index is 1.59. The van der Waals surface area contributed by atoms with E-state index in [1.807, 2.05) is 12.1 Å². The maximum atomic E-state index is 12.0. The van der Waals surface area contributed by atoms with Crippen molar-refractivity contribution in [2.24, 2.45) is 5.10 Å². The lowest BCUT2D eigenvalue weighted by Crippen LogP contribution is -2.42. The maximum Gasteiger partial charge on any atom is 0.284 e. The van der Waals surface area contributed by atoms with Crippen molar-refractivity contribution in [1.82, 2.24) is 5.43 Å². The van der Waals surface area contributed by atoms with Gasteiger partial charge >= 0.3 is 0 Å². The van der Waals surface area contributed by atoms with E-state index < -0.39 is 6.10 Å². The van der Waals surface area contributed by atoms with Crippen molar-refractivity contribution in [2.45, 2.75) is 31.8 Å². The first kappa shape index (κ1) is 13.6. The summed E-state index contributed by atoms with van der Waals surface area (Å²) in [4.78, 5) is 23.3. The molecule has 1 aliphatic carbocycles. The highest BCUT2D eigenvalue weighted by atomic mass is 16.6. The van der Waals surface area contributed by atoms with E-state index in [9.17, 15) is 9.59 Å². The fourth-order valence-electron chi connectivity index (χ4n) is 2.34. The molecule has 0 spiro atoms. The number of fused-ring (bicyclic) bond motifs is 1. The summed E-state index contributed by atoms with van der Waals surface area (Å²) in [5.41, 5.74) is 3.18. The first-order chi connectivity index (χ1) is 10.2. The van der Waals surface area contributed by atoms with Gasteiger partial charge in [-0.3, -0.25) is 9.59 Å². The van der Waals surface area contributed by atoms with E-state index in [0.717, 1.165) is 18.6 Å². The monoisotopic (exact) mass is 288 g/mol. The smallest absolute Gasteiger partial charge is 0.284 e. The largest absolute Gasteiger partial charge is 0.485 e. The van der Waals surface area contributed by atoms with Gasteiger partial charge in [-0.25, -0.2) is 5.43 Å². The van der Waals surface area contributed by atoms with E-state index in [2.05, 4.69) is 10.5 Å². The van der Waals surface area contributed by atoms with E-state index in [0.29, 0.717) is 24.3 Å². The van der Waals surface area contributed by atoms with E-state index in [-0.39, 0.29) is 18.3 Å². The number of amides is 1. The van der Waals surface area contributed by atoms with Crippen LogP contribution in [0, 0.1) is 0 Å². The van der Waals surface area contributed by atoms with Gasteiger partial charge in [0, 0.05) is 18.6 Å². The minimum atomic E-state index is -0.733. The molecule has 0 saturated heterocycles. The minimum Gasteiger partial charge on any atom is -0.485 e. The zero-order chi connectivity index (χ0) is 14.7. The molecule has 1 aromatic carbocycles. The van der Waals surface area contributed by atoms with Crippen molar-refractivity contribution in [2.75, 3.05) is 6.61 Å². The Bertz CT molecular complexity index is 597. The molecule has 1 saturated carbocycles. The lowest BCUT2D eigenvalue weighted by molar-refractivity contribution is -0.130. The van der Waals surface area contributed by atoms with Crippen LogP contribution in [0.15, 0.2) is 29.4 Å². The Morgan fingerprint density at radius 3 is 2.86 bits per heavy atom. The van der Waals surface area contributed by atoms with Crippen molar-refractivity contribution in [3.05, 3.63) is 24.3 Å². The zero-order valence-corrected chi connectivity index (χ0v) is 11.5. The molecule has 1 heterocycles. The van der Waals surface area contributed by atoms with Gasteiger partial charge in [-0.15, -0.1) is 0 Å². The van der Waals surface area contributed by atoms with Crippen LogP contribution in [-0.2, 0) is 9.59 Å². The number of ketones is 1. The van der Waals surface area contributed by atoms with Crippen molar-refractivity contribution in [3.8, 4) is 11.5 Å². The third-order valence-corrected chi connectivity index (χ3v) is 3.45. The molecule has 6 nitrogen and oxygen atoms in total. The van der Waals surface area contributed by atoms with Gasteiger partial charge in [-0.1, -0.05) is 12.1 Å².